The van der Waals surface area contributed by atoms with E-state index in [-0.39, 0.29) is 5.91 Å². The number of allylic oxidation sites excluding steroid dienone is 1. The summed E-state index contributed by atoms with van der Waals surface area (Å²) in [5, 5.41) is 0.733. The first-order chi connectivity index (χ1) is 14.6. The van der Waals surface area contributed by atoms with Crippen LogP contribution < -0.4 is 5.73 Å². The molecular weight excluding hydrogens is 394 g/mol. The van der Waals surface area contributed by atoms with Gasteiger partial charge in [-0.15, -0.1) is 0 Å². The monoisotopic (exact) mass is 421 g/mol. The van der Waals surface area contributed by atoms with E-state index in [0.717, 1.165) is 51.3 Å². The highest BCUT2D eigenvalue weighted by atomic mass is 35.5. The third kappa shape index (κ3) is 4.15. The van der Waals surface area contributed by atoms with Crippen LogP contribution in [0.4, 0.5) is 0 Å². The molecule has 2 N–H and O–H groups in total. The maximum atomic E-state index is 13.1. The van der Waals surface area contributed by atoms with Gasteiger partial charge >= 0.3 is 0 Å². The van der Waals surface area contributed by atoms with Gasteiger partial charge in [0.1, 0.15) is 0 Å². The lowest BCUT2D eigenvalue weighted by Gasteiger charge is -2.30. The van der Waals surface area contributed by atoms with Gasteiger partial charge in [-0.05, 0) is 53.6 Å². The van der Waals surface area contributed by atoms with Gasteiger partial charge in [0.05, 0.1) is 0 Å². The average molecular weight is 422 g/mol. The van der Waals surface area contributed by atoms with E-state index in [4.69, 9.17) is 17.3 Å². The van der Waals surface area contributed by atoms with Crippen molar-refractivity contribution < 1.29 is 4.79 Å². The standard InChI is InChI=1S/C25H28ClN3O/c1-28-15-21(14-27)18-9-7-17(8-10-18)11-19-12-23-20(13-24(19)26)16-29(25(23)30)22-5-3-2-4-6-22/h7-10,12-15,22H,2-6,11,16,27H2,1H3. The number of rotatable bonds is 5. The van der Waals surface area contributed by atoms with Crippen LogP contribution in [0.2, 0.25) is 5.02 Å². The number of nitrogens with two attached hydrogens (primary N) is 1. The molecule has 2 aliphatic rings. The molecule has 0 spiro atoms. The molecule has 0 atom stereocenters. The highest BCUT2D eigenvalue weighted by molar-refractivity contribution is 6.31. The van der Waals surface area contributed by atoms with E-state index in [0.29, 0.717) is 19.0 Å². The van der Waals surface area contributed by atoms with E-state index in [1.54, 1.807) is 19.5 Å². The lowest BCUT2D eigenvalue weighted by molar-refractivity contribution is 0.0660. The van der Waals surface area contributed by atoms with Crippen molar-refractivity contribution in [1.82, 2.24) is 4.90 Å². The van der Waals surface area contributed by atoms with Gasteiger partial charge in [-0.3, -0.25) is 9.79 Å². The first-order valence-electron chi connectivity index (χ1n) is 10.7. The topological polar surface area (TPSA) is 58.7 Å². The Hall–Kier alpha value is -2.59. The van der Waals surface area contributed by atoms with Crippen molar-refractivity contribution in [2.24, 2.45) is 10.7 Å². The molecule has 30 heavy (non-hydrogen) atoms. The molecule has 0 unspecified atom stereocenters. The highest BCUT2D eigenvalue weighted by Gasteiger charge is 2.33. The molecule has 0 saturated heterocycles. The molecule has 0 radical (unpaired) electrons. The van der Waals surface area contributed by atoms with E-state index < -0.39 is 0 Å². The minimum absolute atomic E-state index is 0.168. The van der Waals surface area contributed by atoms with E-state index in [9.17, 15) is 4.79 Å². The van der Waals surface area contributed by atoms with Gasteiger partial charge < -0.3 is 10.6 Å². The molecule has 1 fully saturated rings. The smallest absolute Gasteiger partial charge is 0.254 e. The maximum Gasteiger partial charge on any atom is 0.254 e. The molecule has 1 saturated carbocycles. The van der Waals surface area contributed by atoms with Gasteiger partial charge in [-0.2, -0.15) is 0 Å². The van der Waals surface area contributed by atoms with Gasteiger partial charge in [0.15, 0.2) is 0 Å². The fraction of sp³-hybridized carbons (Fsp3) is 0.360. The van der Waals surface area contributed by atoms with Crippen molar-refractivity contribution in [2.75, 3.05) is 7.05 Å². The minimum Gasteiger partial charge on any atom is -0.404 e. The summed E-state index contributed by atoms with van der Waals surface area (Å²) in [6.45, 7) is 0.695. The van der Waals surface area contributed by atoms with Crippen molar-refractivity contribution >= 4 is 29.3 Å². The van der Waals surface area contributed by atoms with Crippen molar-refractivity contribution in [3.05, 3.63) is 75.4 Å². The summed E-state index contributed by atoms with van der Waals surface area (Å²) in [6, 6.07) is 12.6. The summed E-state index contributed by atoms with van der Waals surface area (Å²) in [4.78, 5) is 19.2. The highest BCUT2D eigenvalue weighted by Crippen LogP contribution is 2.34. The zero-order valence-electron chi connectivity index (χ0n) is 17.4. The van der Waals surface area contributed by atoms with Crippen LogP contribution in [-0.2, 0) is 13.0 Å². The first-order valence-corrected chi connectivity index (χ1v) is 11.0. The van der Waals surface area contributed by atoms with Crippen LogP contribution in [0.15, 0.2) is 47.6 Å². The number of aliphatic imine (C=N–C) groups is 1. The number of benzene rings is 2. The Kier molecular flexibility index (Phi) is 6.24. The van der Waals surface area contributed by atoms with Crippen molar-refractivity contribution in [3.8, 4) is 0 Å². The first kappa shape index (κ1) is 20.7. The second-order valence-corrected chi connectivity index (χ2v) is 8.62. The Bertz CT molecular complexity index is 988. The minimum atomic E-state index is 0.168. The largest absolute Gasteiger partial charge is 0.404 e. The van der Waals surface area contributed by atoms with E-state index in [1.165, 1.54) is 19.3 Å². The zero-order chi connectivity index (χ0) is 21.1. The van der Waals surface area contributed by atoms with Crippen LogP contribution in [0, 0.1) is 0 Å². The normalized spacial score (nSPS) is 17.7. The molecule has 2 aromatic carbocycles. The van der Waals surface area contributed by atoms with Crippen molar-refractivity contribution in [3.63, 3.8) is 0 Å². The number of carbonyl (C=O) groups excluding carboxylic acids is 1. The predicted molar refractivity (Wildman–Crippen MR) is 124 cm³/mol. The van der Waals surface area contributed by atoms with Gasteiger partial charge in [0.2, 0.25) is 0 Å². The van der Waals surface area contributed by atoms with Crippen LogP contribution in [0.1, 0.15) is 64.7 Å². The molecule has 1 aliphatic carbocycles. The second-order valence-electron chi connectivity index (χ2n) is 8.21. The number of halogens is 1. The average Bonchev–Trinajstić information content (AvgIpc) is 3.09. The third-order valence-corrected chi connectivity index (χ3v) is 6.60. The number of nitrogens with zero attached hydrogens (tertiary/aromatic N) is 2. The Labute approximate surface area is 183 Å². The van der Waals surface area contributed by atoms with Crippen LogP contribution in [-0.4, -0.2) is 30.1 Å². The molecule has 2 aromatic rings. The van der Waals surface area contributed by atoms with Crippen LogP contribution in [0.3, 0.4) is 0 Å². The molecule has 156 valence electrons. The van der Waals surface area contributed by atoms with E-state index >= 15 is 0 Å². The molecular formula is C25H28ClN3O. The van der Waals surface area contributed by atoms with E-state index in [1.807, 2.05) is 24.3 Å². The van der Waals surface area contributed by atoms with Crippen LogP contribution >= 0.6 is 11.6 Å². The molecule has 5 heteroatoms. The summed E-state index contributed by atoms with van der Waals surface area (Å²) >= 11 is 6.61. The Morgan fingerprint density at radius 1 is 1.20 bits per heavy atom. The van der Waals surface area contributed by atoms with Crippen molar-refractivity contribution in [1.29, 1.82) is 0 Å². The number of hydrogen-bond acceptors (Lipinski definition) is 3. The number of fused-ring (bicyclic) bond motifs is 1. The second kappa shape index (κ2) is 9.05. The van der Waals surface area contributed by atoms with Crippen LogP contribution in [0.5, 0.6) is 0 Å². The summed E-state index contributed by atoms with van der Waals surface area (Å²) < 4.78 is 0. The SMILES string of the molecule is CN=CC(=CN)c1ccc(Cc2cc3c(cc2Cl)CN(C2CCCCC2)C3=O)cc1. The third-order valence-electron chi connectivity index (χ3n) is 6.25. The zero-order valence-corrected chi connectivity index (χ0v) is 18.2. The number of hydrogen-bond donors (Lipinski definition) is 1. The van der Waals surface area contributed by atoms with Gasteiger partial charge in [-0.25, -0.2) is 0 Å². The summed E-state index contributed by atoms with van der Waals surface area (Å²) in [7, 11) is 1.73. The van der Waals surface area contributed by atoms with Gasteiger partial charge in [-0.1, -0.05) is 55.1 Å². The number of amides is 1. The molecule has 4 nitrogen and oxygen atoms in total. The van der Waals surface area contributed by atoms with E-state index in [2.05, 4.69) is 22.0 Å². The molecule has 1 aliphatic heterocycles. The Morgan fingerprint density at radius 2 is 1.93 bits per heavy atom. The Morgan fingerprint density at radius 3 is 2.60 bits per heavy atom. The summed E-state index contributed by atoms with van der Waals surface area (Å²) in [5.41, 5.74) is 11.6. The fourth-order valence-electron chi connectivity index (χ4n) is 4.61. The summed E-state index contributed by atoms with van der Waals surface area (Å²) in [6.07, 6.45) is 9.96. The lowest BCUT2D eigenvalue weighted by Crippen LogP contribution is -2.36. The summed E-state index contributed by atoms with van der Waals surface area (Å²) in [5.74, 6) is 0.168. The van der Waals surface area contributed by atoms with Gasteiger partial charge in [0.25, 0.3) is 5.91 Å². The molecule has 0 aromatic heterocycles. The predicted octanol–water partition coefficient (Wildman–Crippen LogP) is 5.22. The fourth-order valence-corrected chi connectivity index (χ4v) is 4.86. The lowest BCUT2D eigenvalue weighted by atomic mass is 9.94. The molecule has 0 bridgehead atoms. The van der Waals surface area contributed by atoms with Gasteiger partial charge in [0, 0.05) is 48.2 Å². The quantitative estimate of drug-likeness (QED) is 0.673. The number of carbonyl (C=O) groups is 1. The molecule has 4 rings (SSSR count). The molecule has 1 heterocycles. The van der Waals surface area contributed by atoms with Crippen LogP contribution in [0.25, 0.3) is 5.57 Å². The van der Waals surface area contributed by atoms with Crippen molar-refractivity contribution in [2.45, 2.75) is 51.1 Å². The molecule has 1 amide bonds. The Balaban J connectivity index is 1.53. The maximum absolute atomic E-state index is 13.1.